The molecule has 0 spiro atoms. The van der Waals surface area contributed by atoms with E-state index in [-0.39, 0.29) is 5.02 Å². The fourth-order valence-corrected chi connectivity index (χ4v) is 3.32. The molecule has 0 fully saturated rings. The summed E-state index contributed by atoms with van der Waals surface area (Å²) in [4.78, 5) is 12.3. The topological polar surface area (TPSA) is 52.4 Å². The minimum atomic E-state index is -0.476. The summed E-state index contributed by atoms with van der Waals surface area (Å²) in [5.41, 5.74) is 3.40. The van der Waals surface area contributed by atoms with Crippen LogP contribution in [-0.4, -0.2) is 24.1 Å². The molecule has 0 radical (unpaired) electrons. The zero-order chi connectivity index (χ0) is 20.5. The highest BCUT2D eigenvalue weighted by Crippen LogP contribution is 2.33. The number of fused-ring (bicyclic) bond motifs is 1. The minimum Gasteiger partial charge on any atom is -0.360 e. The average Bonchev–Trinajstić information content (AvgIpc) is 3.31. The average molecular weight is 409 g/mol. The fraction of sp³-hybridized carbons (Fsp3) is 0.238. The number of benzene rings is 1. The lowest BCUT2D eigenvalue weighted by molar-refractivity contribution is 0.518. The number of hydrogen-bond acceptors (Lipinski definition) is 3. The van der Waals surface area contributed by atoms with E-state index in [0.717, 1.165) is 18.7 Å². The maximum absolute atomic E-state index is 13.7. The Bertz CT molecular complexity index is 1230. The highest BCUT2D eigenvalue weighted by atomic mass is 35.5. The van der Waals surface area contributed by atoms with Crippen molar-refractivity contribution in [1.29, 1.82) is 0 Å². The summed E-state index contributed by atoms with van der Waals surface area (Å²) >= 11 is 6.00. The van der Waals surface area contributed by atoms with Crippen LogP contribution in [0.4, 0.5) is 10.2 Å². The summed E-state index contributed by atoms with van der Waals surface area (Å²) < 4.78 is 17.2. The zero-order valence-electron chi connectivity index (χ0n) is 16.0. The van der Waals surface area contributed by atoms with Crippen LogP contribution in [0.3, 0.4) is 0 Å². The Morgan fingerprint density at radius 2 is 2.03 bits per heavy atom. The Labute approximate surface area is 172 Å². The number of halogens is 2. The molecular weight excluding hydrogens is 391 g/mol. The second-order valence-corrected chi connectivity index (χ2v) is 7.57. The lowest BCUT2D eigenvalue weighted by Crippen LogP contribution is -2.05. The van der Waals surface area contributed by atoms with Crippen molar-refractivity contribution < 1.29 is 4.39 Å². The molecule has 0 atom stereocenters. The quantitative estimate of drug-likeness (QED) is 0.401. The third-order valence-corrected chi connectivity index (χ3v) is 4.97. The van der Waals surface area contributed by atoms with Crippen LogP contribution < -0.4 is 0 Å². The van der Waals surface area contributed by atoms with Crippen molar-refractivity contribution in [1.82, 2.24) is 24.1 Å². The second-order valence-electron chi connectivity index (χ2n) is 7.16. The number of hydrogen-bond donors (Lipinski definition) is 0. The van der Waals surface area contributed by atoms with Crippen molar-refractivity contribution >= 4 is 23.1 Å². The van der Waals surface area contributed by atoms with E-state index in [0.29, 0.717) is 34.3 Å². The van der Waals surface area contributed by atoms with E-state index in [1.54, 1.807) is 18.5 Å². The zero-order valence-corrected chi connectivity index (χ0v) is 16.7. The molecular formula is C21H18ClFN6. The van der Waals surface area contributed by atoms with Crippen molar-refractivity contribution in [2.75, 3.05) is 0 Å². The van der Waals surface area contributed by atoms with Gasteiger partial charge in [0.05, 0.1) is 28.9 Å². The van der Waals surface area contributed by atoms with Gasteiger partial charge in [0, 0.05) is 18.2 Å². The van der Waals surface area contributed by atoms with Crippen LogP contribution in [0.25, 0.3) is 33.1 Å². The molecule has 0 amide bonds. The van der Waals surface area contributed by atoms with E-state index in [9.17, 15) is 4.39 Å². The Hall–Kier alpha value is -3.24. The summed E-state index contributed by atoms with van der Waals surface area (Å²) in [6, 6.07) is 8.22. The molecule has 3 aromatic heterocycles. The van der Waals surface area contributed by atoms with E-state index >= 15 is 0 Å². The standard InChI is InChI=1S/C21H18ClFN6/c1-13(2)8-9-28-12-26-20(14-4-5-16(23)15(22)10-14)21(28)17-6-7-18-25-11-19(24-3)29(18)27-17/h4-7,10-13H,8-9H2,1-2H3. The molecule has 0 unspecified atom stereocenters. The van der Waals surface area contributed by atoms with Gasteiger partial charge in [0.25, 0.3) is 5.82 Å². The van der Waals surface area contributed by atoms with Gasteiger partial charge in [0.1, 0.15) is 11.5 Å². The predicted octanol–water partition coefficient (Wildman–Crippen LogP) is 5.65. The van der Waals surface area contributed by atoms with Crippen LogP contribution in [0.5, 0.6) is 0 Å². The highest BCUT2D eigenvalue weighted by molar-refractivity contribution is 6.31. The summed E-state index contributed by atoms with van der Waals surface area (Å²) in [6.45, 7) is 12.4. The maximum Gasteiger partial charge on any atom is 0.275 e. The number of nitrogens with zero attached hydrogens (tertiary/aromatic N) is 6. The summed E-state index contributed by atoms with van der Waals surface area (Å²) in [7, 11) is 0. The van der Waals surface area contributed by atoms with Gasteiger partial charge in [0.2, 0.25) is 5.65 Å². The van der Waals surface area contributed by atoms with Crippen molar-refractivity contribution in [2.45, 2.75) is 26.8 Å². The van der Waals surface area contributed by atoms with Gasteiger partial charge in [-0.2, -0.15) is 0 Å². The Morgan fingerprint density at radius 3 is 2.76 bits per heavy atom. The normalized spacial score (nSPS) is 11.3. The lowest BCUT2D eigenvalue weighted by Gasteiger charge is -2.11. The molecule has 0 bridgehead atoms. The molecule has 29 heavy (non-hydrogen) atoms. The summed E-state index contributed by atoms with van der Waals surface area (Å²) in [6.07, 6.45) is 4.23. The molecule has 6 nitrogen and oxygen atoms in total. The van der Waals surface area contributed by atoms with Gasteiger partial charge in [-0.15, -0.1) is 4.52 Å². The van der Waals surface area contributed by atoms with Gasteiger partial charge in [-0.05, 0) is 36.6 Å². The number of imidazole rings is 2. The third kappa shape index (κ3) is 3.59. The fourth-order valence-electron chi connectivity index (χ4n) is 3.14. The predicted molar refractivity (Wildman–Crippen MR) is 110 cm³/mol. The van der Waals surface area contributed by atoms with Gasteiger partial charge in [-0.1, -0.05) is 37.1 Å². The first-order valence-electron chi connectivity index (χ1n) is 9.21. The molecule has 8 heteroatoms. The van der Waals surface area contributed by atoms with E-state index < -0.39 is 5.82 Å². The third-order valence-electron chi connectivity index (χ3n) is 4.68. The second kappa shape index (κ2) is 7.64. The highest BCUT2D eigenvalue weighted by Gasteiger charge is 2.20. The van der Waals surface area contributed by atoms with Crippen LogP contribution in [0, 0.1) is 18.3 Å². The molecule has 146 valence electrons. The molecule has 0 aliphatic carbocycles. The van der Waals surface area contributed by atoms with Gasteiger partial charge in [-0.25, -0.2) is 14.4 Å². The smallest absolute Gasteiger partial charge is 0.275 e. The first-order valence-corrected chi connectivity index (χ1v) is 9.59. The van der Waals surface area contributed by atoms with Gasteiger partial charge < -0.3 is 9.41 Å². The van der Waals surface area contributed by atoms with Gasteiger partial charge >= 0.3 is 0 Å². The van der Waals surface area contributed by atoms with Crippen molar-refractivity contribution in [3.05, 3.63) is 65.1 Å². The van der Waals surface area contributed by atoms with Gasteiger partial charge in [-0.3, -0.25) is 0 Å². The number of rotatable bonds is 5. The summed E-state index contributed by atoms with van der Waals surface area (Å²) in [5.74, 6) is 0.379. The molecule has 0 saturated carbocycles. The van der Waals surface area contributed by atoms with Crippen molar-refractivity contribution in [3.63, 3.8) is 0 Å². The molecule has 4 aromatic rings. The molecule has 0 N–H and O–H groups in total. The Morgan fingerprint density at radius 1 is 1.21 bits per heavy atom. The molecule has 3 heterocycles. The van der Waals surface area contributed by atoms with Crippen LogP contribution in [0.15, 0.2) is 42.9 Å². The lowest BCUT2D eigenvalue weighted by atomic mass is 10.1. The van der Waals surface area contributed by atoms with Crippen LogP contribution >= 0.6 is 11.6 Å². The van der Waals surface area contributed by atoms with Crippen molar-refractivity contribution in [2.24, 2.45) is 5.92 Å². The van der Waals surface area contributed by atoms with Crippen LogP contribution in [0.1, 0.15) is 20.3 Å². The minimum absolute atomic E-state index is 0.0403. The van der Waals surface area contributed by atoms with E-state index in [2.05, 4.69) is 33.8 Å². The SMILES string of the molecule is [C-]#[N+]c1cnc2ccc(-c3c(-c4ccc(F)c(Cl)c4)ncn3CCC(C)C)nn12. The van der Waals surface area contributed by atoms with Crippen LogP contribution in [-0.2, 0) is 6.54 Å². The maximum atomic E-state index is 13.7. The first kappa shape index (κ1) is 19.1. The van der Waals surface area contributed by atoms with Crippen LogP contribution in [0.2, 0.25) is 5.02 Å². The number of aryl methyl sites for hydroxylation is 1. The molecule has 0 aliphatic rings. The summed E-state index contributed by atoms with van der Waals surface area (Å²) in [5, 5.41) is 4.68. The molecule has 0 aliphatic heterocycles. The molecule has 1 aromatic carbocycles. The molecule has 4 rings (SSSR count). The van der Waals surface area contributed by atoms with E-state index in [1.807, 2.05) is 16.7 Å². The van der Waals surface area contributed by atoms with E-state index in [1.165, 1.54) is 16.8 Å². The van der Waals surface area contributed by atoms with Gasteiger partial charge in [0.15, 0.2) is 0 Å². The van der Waals surface area contributed by atoms with Crippen molar-refractivity contribution in [3.8, 4) is 22.6 Å². The largest absolute Gasteiger partial charge is 0.360 e. The Balaban J connectivity index is 1.90. The molecule has 0 saturated heterocycles. The first-order chi connectivity index (χ1) is 14.0. The number of aromatic nitrogens is 5. The van der Waals surface area contributed by atoms with E-state index in [4.69, 9.17) is 18.2 Å². The monoisotopic (exact) mass is 408 g/mol. The Kier molecular flexibility index (Phi) is 5.03.